The second-order valence-electron chi connectivity index (χ2n) is 4.31. The van der Waals surface area contributed by atoms with Gasteiger partial charge in [0.2, 0.25) is 10.0 Å². The van der Waals surface area contributed by atoms with Gasteiger partial charge < -0.3 is 4.98 Å². The minimum absolute atomic E-state index is 0.0295. The number of nitrogens with one attached hydrogen (secondary N) is 2. The summed E-state index contributed by atoms with van der Waals surface area (Å²) in [5, 5.41) is 10.6. The van der Waals surface area contributed by atoms with Crippen LogP contribution in [0, 0.1) is 10.1 Å². The molecule has 9 heteroatoms. The monoisotopic (exact) mass is 310 g/mol. The average Bonchev–Trinajstić information content (AvgIpc) is 2.99. The Morgan fingerprint density at radius 3 is 2.52 bits per heavy atom. The summed E-state index contributed by atoms with van der Waals surface area (Å²) in [6.07, 6.45) is 3.66. The summed E-state index contributed by atoms with van der Waals surface area (Å²) in [5.74, 6) is 0.517. The van der Waals surface area contributed by atoms with Crippen LogP contribution in [0.3, 0.4) is 0 Å². The third-order valence-corrected chi connectivity index (χ3v) is 4.40. The van der Waals surface area contributed by atoms with Crippen molar-refractivity contribution in [3.8, 4) is 0 Å². The van der Waals surface area contributed by atoms with E-state index in [-0.39, 0.29) is 10.6 Å². The Kier molecular flexibility index (Phi) is 4.34. The third-order valence-electron chi connectivity index (χ3n) is 2.91. The first-order chi connectivity index (χ1) is 9.94. The van der Waals surface area contributed by atoms with Gasteiger partial charge in [-0.2, -0.15) is 0 Å². The van der Waals surface area contributed by atoms with Gasteiger partial charge >= 0.3 is 0 Å². The van der Waals surface area contributed by atoms with E-state index in [1.54, 1.807) is 6.20 Å². The summed E-state index contributed by atoms with van der Waals surface area (Å²) in [5.41, 5.74) is -0.160. The van der Waals surface area contributed by atoms with Gasteiger partial charge in [0.25, 0.3) is 5.69 Å². The molecule has 0 spiro atoms. The molecule has 112 valence electrons. The summed E-state index contributed by atoms with van der Waals surface area (Å²) in [7, 11) is -3.77. The molecular formula is C12H14N4O4S. The van der Waals surface area contributed by atoms with E-state index < -0.39 is 21.0 Å². The highest BCUT2D eigenvalue weighted by molar-refractivity contribution is 7.89. The summed E-state index contributed by atoms with van der Waals surface area (Å²) in [6.45, 7) is 1.82. The lowest BCUT2D eigenvalue weighted by atomic mass is 10.2. The zero-order valence-corrected chi connectivity index (χ0v) is 12.0. The van der Waals surface area contributed by atoms with Crippen molar-refractivity contribution in [1.29, 1.82) is 0 Å². The minimum atomic E-state index is -3.77. The van der Waals surface area contributed by atoms with Crippen LogP contribution < -0.4 is 4.72 Å². The van der Waals surface area contributed by atoms with Gasteiger partial charge in [0.15, 0.2) is 0 Å². The Hall–Kier alpha value is -2.26. The van der Waals surface area contributed by atoms with E-state index >= 15 is 0 Å². The molecule has 1 atom stereocenters. The Labute approximate surface area is 121 Å². The molecular weight excluding hydrogens is 296 g/mol. The number of nitro benzene ring substituents is 1. The topological polar surface area (TPSA) is 118 Å². The fourth-order valence-corrected chi connectivity index (χ4v) is 3.09. The van der Waals surface area contributed by atoms with Gasteiger partial charge in [0.05, 0.1) is 15.9 Å². The molecule has 0 aliphatic carbocycles. The van der Waals surface area contributed by atoms with Crippen molar-refractivity contribution in [2.24, 2.45) is 0 Å². The molecule has 1 heterocycles. The molecule has 8 nitrogen and oxygen atoms in total. The number of benzene rings is 1. The van der Waals surface area contributed by atoms with Crippen molar-refractivity contribution in [3.63, 3.8) is 0 Å². The van der Waals surface area contributed by atoms with E-state index in [0.717, 1.165) is 12.1 Å². The quantitative estimate of drug-likeness (QED) is 0.622. The van der Waals surface area contributed by atoms with E-state index in [1.165, 1.54) is 18.3 Å². The fraction of sp³-hybridized carbons (Fsp3) is 0.250. The molecule has 0 saturated heterocycles. The number of non-ortho nitro benzene ring substituents is 1. The van der Waals surface area contributed by atoms with Crippen molar-refractivity contribution in [1.82, 2.24) is 14.7 Å². The van der Waals surface area contributed by atoms with Crippen LogP contribution in [0.4, 0.5) is 5.69 Å². The number of nitrogens with zero attached hydrogens (tertiary/aromatic N) is 2. The number of aromatic amines is 1. The number of nitro groups is 1. The predicted octanol–water partition coefficient (Wildman–Crippen LogP) is 1.75. The molecule has 0 amide bonds. The maximum atomic E-state index is 12.3. The molecule has 1 aromatic carbocycles. The molecule has 2 N–H and O–H groups in total. The first-order valence-corrected chi connectivity index (χ1v) is 7.68. The lowest BCUT2D eigenvalue weighted by Crippen LogP contribution is -2.29. The lowest BCUT2D eigenvalue weighted by Gasteiger charge is -2.14. The van der Waals surface area contributed by atoms with Crippen LogP contribution in [-0.2, 0) is 10.0 Å². The minimum Gasteiger partial charge on any atom is -0.347 e. The van der Waals surface area contributed by atoms with Crippen molar-refractivity contribution >= 4 is 15.7 Å². The molecule has 0 radical (unpaired) electrons. The first-order valence-electron chi connectivity index (χ1n) is 6.20. The lowest BCUT2D eigenvalue weighted by molar-refractivity contribution is -0.384. The van der Waals surface area contributed by atoms with Crippen LogP contribution in [0.25, 0.3) is 0 Å². The van der Waals surface area contributed by atoms with Crippen molar-refractivity contribution in [2.75, 3.05) is 0 Å². The second kappa shape index (κ2) is 6.02. The SMILES string of the molecule is CCC(NS(=O)(=O)c1ccc([N+](=O)[O-])cc1)c1ncc[nH]1. The Balaban J connectivity index is 2.23. The van der Waals surface area contributed by atoms with Gasteiger partial charge in [-0.3, -0.25) is 10.1 Å². The number of hydrogen-bond donors (Lipinski definition) is 2. The summed E-state index contributed by atoms with van der Waals surface area (Å²) in [4.78, 5) is 16.8. The molecule has 0 bridgehead atoms. The van der Waals surface area contributed by atoms with E-state index in [2.05, 4.69) is 14.7 Å². The third kappa shape index (κ3) is 3.44. The summed E-state index contributed by atoms with van der Waals surface area (Å²) < 4.78 is 27.0. The number of sulfonamides is 1. The van der Waals surface area contributed by atoms with Gasteiger partial charge in [-0.15, -0.1) is 0 Å². The van der Waals surface area contributed by atoms with Crippen LogP contribution in [0.1, 0.15) is 25.2 Å². The molecule has 0 aliphatic rings. The fourth-order valence-electron chi connectivity index (χ4n) is 1.80. The highest BCUT2D eigenvalue weighted by Gasteiger charge is 2.22. The Bertz CT molecular complexity index is 710. The van der Waals surface area contributed by atoms with Gasteiger partial charge in [-0.05, 0) is 18.6 Å². The molecule has 1 unspecified atom stereocenters. The Morgan fingerprint density at radius 1 is 1.38 bits per heavy atom. The van der Waals surface area contributed by atoms with Gasteiger partial charge in [-0.1, -0.05) is 6.92 Å². The summed E-state index contributed by atoms with van der Waals surface area (Å²) >= 11 is 0. The zero-order valence-electron chi connectivity index (χ0n) is 11.2. The molecule has 0 saturated carbocycles. The normalized spacial score (nSPS) is 13.0. The molecule has 2 rings (SSSR count). The van der Waals surface area contributed by atoms with Gasteiger partial charge in [0.1, 0.15) is 5.82 Å². The van der Waals surface area contributed by atoms with E-state index in [9.17, 15) is 18.5 Å². The van der Waals surface area contributed by atoms with Crippen molar-refractivity contribution < 1.29 is 13.3 Å². The maximum absolute atomic E-state index is 12.3. The number of rotatable bonds is 6. The van der Waals surface area contributed by atoms with Crippen LogP contribution in [-0.4, -0.2) is 23.3 Å². The van der Waals surface area contributed by atoms with Crippen LogP contribution in [0.15, 0.2) is 41.6 Å². The average molecular weight is 310 g/mol. The number of H-pyrrole nitrogens is 1. The van der Waals surface area contributed by atoms with E-state index in [0.29, 0.717) is 12.2 Å². The standard InChI is InChI=1S/C12H14N4O4S/c1-2-11(12-13-7-8-14-12)15-21(19,20)10-5-3-9(4-6-10)16(17)18/h3-8,11,15H,2H2,1H3,(H,13,14). The molecule has 21 heavy (non-hydrogen) atoms. The summed E-state index contributed by atoms with van der Waals surface area (Å²) in [6, 6.07) is 4.23. The molecule has 0 aliphatic heterocycles. The first kappa shape index (κ1) is 15.1. The van der Waals surface area contributed by atoms with Gasteiger partial charge in [-0.25, -0.2) is 18.1 Å². The highest BCUT2D eigenvalue weighted by Crippen LogP contribution is 2.19. The smallest absolute Gasteiger partial charge is 0.269 e. The van der Waals surface area contributed by atoms with E-state index in [1.807, 2.05) is 6.92 Å². The van der Waals surface area contributed by atoms with Crippen LogP contribution in [0.5, 0.6) is 0 Å². The highest BCUT2D eigenvalue weighted by atomic mass is 32.2. The van der Waals surface area contributed by atoms with Crippen LogP contribution >= 0.6 is 0 Å². The molecule has 1 aromatic heterocycles. The zero-order chi connectivity index (χ0) is 15.5. The molecule has 0 fully saturated rings. The van der Waals surface area contributed by atoms with Crippen LogP contribution in [0.2, 0.25) is 0 Å². The molecule has 2 aromatic rings. The Morgan fingerprint density at radius 2 is 2.05 bits per heavy atom. The second-order valence-corrected chi connectivity index (χ2v) is 6.02. The maximum Gasteiger partial charge on any atom is 0.269 e. The van der Waals surface area contributed by atoms with E-state index in [4.69, 9.17) is 0 Å². The largest absolute Gasteiger partial charge is 0.347 e. The number of aromatic nitrogens is 2. The number of hydrogen-bond acceptors (Lipinski definition) is 5. The predicted molar refractivity (Wildman–Crippen MR) is 75.0 cm³/mol. The van der Waals surface area contributed by atoms with Crippen molar-refractivity contribution in [2.45, 2.75) is 24.3 Å². The van der Waals surface area contributed by atoms with Crippen molar-refractivity contribution in [3.05, 3.63) is 52.6 Å². The van der Waals surface area contributed by atoms with Gasteiger partial charge in [0, 0.05) is 24.5 Å². The number of imidazole rings is 1.